The fourth-order valence-corrected chi connectivity index (χ4v) is 3.03. The number of piperidine rings is 1. The van der Waals surface area contributed by atoms with Gasteiger partial charge in [0.1, 0.15) is 12.2 Å². The summed E-state index contributed by atoms with van der Waals surface area (Å²) in [6, 6.07) is 7.16. The molecule has 2 heterocycles. The maximum absolute atomic E-state index is 12.5. The second-order valence-corrected chi connectivity index (χ2v) is 7.64. The van der Waals surface area contributed by atoms with Crippen LogP contribution in [0.5, 0.6) is 11.5 Å². The van der Waals surface area contributed by atoms with Crippen molar-refractivity contribution in [3.63, 3.8) is 0 Å². The zero-order chi connectivity index (χ0) is 18.7. The molecule has 26 heavy (non-hydrogen) atoms. The molecule has 0 spiro atoms. The highest BCUT2D eigenvalue weighted by molar-refractivity contribution is 5.82. The molecule has 142 valence electrons. The van der Waals surface area contributed by atoms with Crippen molar-refractivity contribution in [2.45, 2.75) is 51.4 Å². The van der Waals surface area contributed by atoms with E-state index in [9.17, 15) is 9.59 Å². The normalized spacial score (nSPS) is 22.5. The summed E-state index contributed by atoms with van der Waals surface area (Å²) in [4.78, 5) is 26.4. The number of benzene rings is 1. The van der Waals surface area contributed by atoms with Gasteiger partial charge in [0.15, 0.2) is 11.5 Å². The zero-order valence-electron chi connectivity index (χ0n) is 15.5. The van der Waals surface area contributed by atoms with E-state index in [2.05, 4.69) is 5.32 Å². The molecule has 7 heteroatoms. The molecule has 0 bridgehead atoms. The first-order valence-corrected chi connectivity index (χ1v) is 8.98. The molecule has 0 unspecified atom stereocenters. The van der Waals surface area contributed by atoms with Gasteiger partial charge in [0.25, 0.3) is 5.91 Å². The molecule has 2 amide bonds. The van der Waals surface area contributed by atoms with E-state index in [1.165, 1.54) is 0 Å². The van der Waals surface area contributed by atoms with Gasteiger partial charge < -0.3 is 24.4 Å². The second kappa shape index (κ2) is 7.43. The number of hydrogen-bond donors (Lipinski definition) is 1. The van der Waals surface area contributed by atoms with Crippen LogP contribution in [0.3, 0.4) is 0 Å². The molecule has 0 saturated carbocycles. The Labute approximate surface area is 153 Å². The van der Waals surface area contributed by atoms with Gasteiger partial charge in [0, 0.05) is 19.1 Å². The van der Waals surface area contributed by atoms with Crippen molar-refractivity contribution in [3.8, 4) is 11.5 Å². The minimum Gasteiger partial charge on any atom is -0.485 e. The van der Waals surface area contributed by atoms with E-state index in [4.69, 9.17) is 14.2 Å². The summed E-state index contributed by atoms with van der Waals surface area (Å²) < 4.78 is 16.7. The van der Waals surface area contributed by atoms with Crippen molar-refractivity contribution < 1.29 is 23.8 Å². The number of fused-ring (bicyclic) bond motifs is 1. The number of rotatable bonds is 2. The van der Waals surface area contributed by atoms with Gasteiger partial charge in [-0.15, -0.1) is 0 Å². The van der Waals surface area contributed by atoms with Gasteiger partial charge in [0.2, 0.25) is 6.10 Å². The summed E-state index contributed by atoms with van der Waals surface area (Å²) in [5.74, 6) is 0.985. The SMILES string of the molecule is CC(C)(C)OC(=O)N1CCC[C@H](NC(=O)[C@H]2COc3ccccc3O2)C1. The van der Waals surface area contributed by atoms with E-state index in [0.29, 0.717) is 24.6 Å². The van der Waals surface area contributed by atoms with Gasteiger partial charge in [-0.3, -0.25) is 4.79 Å². The molecule has 0 radical (unpaired) electrons. The summed E-state index contributed by atoms with van der Waals surface area (Å²) in [6.07, 6.45) is 0.592. The number of nitrogens with one attached hydrogen (secondary N) is 1. The highest BCUT2D eigenvalue weighted by Gasteiger charge is 2.32. The molecule has 0 aromatic heterocycles. The molecule has 1 saturated heterocycles. The molecule has 2 aliphatic heterocycles. The Hall–Kier alpha value is -2.44. The molecule has 1 fully saturated rings. The number of likely N-dealkylation sites (tertiary alicyclic amines) is 1. The van der Waals surface area contributed by atoms with Gasteiger partial charge in [-0.1, -0.05) is 12.1 Å². The zero-order valence-corrected chi connectivity index (χ0v) is 15.5. The molecule has 1 aromatic carbocycles. The number of carbonyl (C=O) groups is 2. The molecule has 2 atom stereocenters. The van der Waals surface area contributed by atoms with E-state index in [0.717, 1.165) is 12.8 Å². The van der Waals surface area contributed by atoms with E-state index < -0.39 is 11.7 Å². The third kappa shape index (κ3) is 4.59. The minimum atomic E-state index is -0.693. The largest absolute Gasteiger partial charge is 0.485 e. The Balaban J connectivity index is 1.54. The first-order valence-electron chi connectivity index (χ1n) is 8.98. The van der Waals surface area contributed by atoms with E-state index in [1.807, 2.05) is 39.0 Å². The van der Waals surface area contributed by atoms with Crippen molar-refractivity contribution in [2.24, 2.45) is 0 Å². The molecule has 2 aliphatic rings. The van der Waals surface area contributed by atoms with E-state index >= 15 is 0 Å². The Bertz CT molecular complexity index is 670. The lowest BCUT2D eigenvalue weighted by atomic mass is 10.1. The number of carbonyl (C=O) groups excluding carboxylic acids is 2. The molecule has 7 nitrogen and oxygen atoms in total. The smallest absolute Gasteiger partial charge is 0.410 e. The third-order valence-corrected chi connectivity index (χ3v) is 4.22. The molecule has 0 aliphatic carbocycles. The van der Waals surface area contributed by atoms with Crippen molar-refractivity contribution in [2.75, 3.05) is 19.7 Å². The van der Waals surface area contributed by atoms with Crippen molar-refractivity contribution in [1.82, 2.24) is 10.2 Å². The monoisotopic (exact) mass is 362 g/mol. The van der Waals surface area contributed by atoms with Crippen molar-refractivity contribution in [3.05, 3.63) is 24.3 Å². The van der Waals surface area contributed by atoms with Crippen LogP contribution in [0.15, 0.2) is 24.3 Å². The summed E-state index contributed by atoms with van der Waals surface area (Å²) >= 11 is 0. The number of nitrogens with zero attached hydrogens (tertiary/aromatic N) is 1. The van der Waals surface area contributed by atoms with Gasteiger partial charge in [-0.2, -0.15) is 0 Å². The topological polar surface area (TPSA) is 77.1 Å². The summed E-state index contributed by atoms with van der Waals surface area (Å²) in [7, 11) is 0. The highest BCUT2D eigenvalue weighted by atomic mass is 16.6. The van der Waals surface area contributed by atoms with Crippen LogP contribution in [0.25, 0.3) is 0 Å². The number of hydrogen-bond acceptors (Lipinski definition) is 5. The first-order chi connectivity index (χ1) is 12.3. The Morgan fingerprint density at radius 3 is 2.69 bits per heavy atom. The number of ether oxygens (including phenoxy) is 3. The predicted octanol–water partition coefficient (Wildman–Crippen LogP) is 2.34. The summed E-state index contributed by atoms with van der Waals surface area (Å²) in [5, 5.41) is 2.97. The van der Waals surface area contributed by atoms with Crippen LogP contribution in [-0.2, 0) is 9.53 Å². The predicted molar refractivity (Wildman–Crippen MR) is 95.3 cm³/mol. The van der Waals surface area contributed by atoms with Gasteiger partial charge in [-0.25, -0.2) is 4.79 Å². The van der Waals surface area contributed by atoms with Crippen LogP contribution >= 0.6 is 0 Å². The lowest BCUT2D eigenvalue weighted by Gasteiger charge is -2.35. The van der Waals surface area contributed by atoms with Crippen LogP contribution in [0.4, 0.5) is 4.79 Å². The molecule has 1 N–H and O–H groups in total. The lowest BCUT2D eigenvalue weighted by Crippen LogP contribution is -2.54. The Morgan fingerprint density at radius 2 is 1.96 bits per heavy atom. The number of amides is 2. The Kier molecular flexibility index (Phi) is 5.25. The Morgan fingerprint density at radius 1 is 1.23 bits per heavy atom. The maximum Gasteiger partial charge on any atom is 0.410 e. The fraction of sp³-hybridized carbons (Fsp3) is 0.579. The molecule has 1 aromatic rings. The first kappa shape index (κ1) is 18.4. The van der Waals surface area contributed by atoms with Crippen LogP contribution in [0.2, 0.25) is 0 Å². The van der Waals surface area contributed by atoms with Crippen LogP contribution in [-0.4, -0.2) is 54.3 Å². The summed E-state index contributed by atoms with van der Waals surface area (Å²) in [6.45, 7) is 6.76. The molecular weight excluding hydrogens is 336 g/mol. The van der Waals surface area contributed by atoms with Gasteiger partial charge in [-0.05, 0) is 45.7 Å². The standard InChI is InChI=1S/C19H26N2O5/c1-19(2,3)26-18(23)21-10-6-7-13(11-21)20-17(22)16-12-24-14-8-4-5-9-15(14)25-16/h4-5,8-9,13,16H,6-7,10-12H2,1-3H3,(H,20,22)/t13-,16+/m0/s1. The molecular formula is C19H26N2O5. The minimum absolute atomic E-state index is 0.121. The third-order valence-electron chi connectivity index (χ3n) is 4.22. The average molecular weight is 362 g/mol. The lowest BCUT2D eigenvalue weighted by molar-refractivity contribution is -0.131. The van der Waals surface area contributed by atoms with Gasteiger partial charge >= 0.3 is 6.09 Å². The van der Waals surface area contributed by atoms with E-state index in [1.54, 1.807) is 11.0 Å². The van der Waals surface area contributed by atoms with Crippen LogP contribution in [0.1, 0.15) is 33.6 Å². The van der Waals surface area contributed by atoms with Crippen molar-refractivity contribution in [1.29, 1.82) is 0 Å². The second-order valence-electron chi connectivity index (χ2n) is 7.64. The maximum atomic E-state index is 12.5. The quantitative estimate of drug-likeness (QED) is 0.874. The van der Waals surface area contributed by atoms with E-state index in [-0.39, 0.29) is 24.6 Å². The highest BCUT2D eigenvalue weighted by Crippen LogP contribution is 2.31. The van der Waals surface area contributed by atoms with Crippen molar-refractivity contribution >= 4 is 12.0 Å². The molecule has 3 rings (SSSR count). The van der Waals surface area contributed by atoms with Gasteiger partial charge in [0.05, 0.1) is 0 Å². The average Bonchev–Trinajstić information content (AvgIpc) is 2.60. The van der Waals surface area contributed by atoms with Crippen LogP contribution in [0, 0.1) is 0 Å². The van der Waals surface area contributed by atoms with Crippen LogP contribution < -0.4 is 14.8 Å². The summed E-state index contributed by atoms with van der Waals surface area (Å²) in [5.41, 5.74) is -0.534. The number of para-hydroxylation sites is 2. The fourth-order valence-electron chi connectivity index (χ4n) is 3.03.